The van der Waals surface area contributed by atoms with Crippen LogP contribution < -0.4 is 15.8 Å². The van der Waals surface area contributed by atoms with E-state index in [1.807, 2.05) is 4.90 Å². The minimum absolute atomic E-state index is 0.0555. The lowest BCUT2D eigenvalue weighted by Gasteiger charge is -2.32. The topological polar surface area (TPSA) is 148 Å². The van der Waals surface area contributed by atoms with Gasteiger partial charge in [-0.2, -0.15) is 5.10 Å². The smallest absolute Gasteiger partial charge is 0.341 e. The highest BCUT2D eigenvalue weighted by atomic mass is 16.5. The molecular weight excluding hydrogens is 404 g/mol. The Morgan fingerprint density at radius 1 is 1.16 bits per heavy atom. The number of nitrogens with one attached hydrogen (secondary N) is 2. The van der Waals surface area contributed by atoms with E-state index in [0.717, 1.165) is 0 Å². The molecule has 4 heterocycles. The molecular formula is C19H20N8O4. The number of methoxy groups -OCH3 is 1. The maximum Gasteiger partial charge on any atom is 0.341 e. The van der Waals surface area contributed by atoms with E-state index in [1.54, 1.807) is 18.5 Å². The summed E-state index contributed by atoms with van der Waals surface area (Å²) in [5.41, 5.74) is -0.305. The predicted molar refractivity (Wildman–Crippen MR) is 108 cm³/mol. The summed E-state index contributed by atoms with van der Waals surface area (Å²) in [6, 6.07) is 1.61. The maximum absolute atomic E-state index is 12.5. The number of carbonyl (C=O) groups is 2. The van der Waals surface area contributed by atoms with Gasteiger partial charge in [0.25, 0.3) is 11.5 Å². The van der Waals surface area contributed by atoms with Crippen LogP contribution in [0, 0.1) is 0 Å². The molecule has 4 rings (SSSR count). The Labute approximate surface area is 176 Å². The van der Waals surface area contributed by atoms with Gasteiger partial charge in [0.1, 0.15) is 5.56 Å². The zero-order chi connectivity index (χ0) is 21.8. The molecule has 0 bridgehead atoms. The molecule has 0 saturated carbocycles. The average molecular weight is 424 g/mol. The fraction of sp³-hybridized carbons (Fsp3) is 0.316. The second-order valence-electron chi connectivity index (χ2n) is 6.90. The first kappa shape index (κ1) is 20.2. The third-order valence-corrected chi connectivity index (χ3v) is 4.92. The number of hydrogen-bond donors (Lipinski definition) is 2. The van der Waals surface area contributed by atoms with E-state index in [9.17, 15) is 14.4 Å². The fourth-order valence-electron chi connectivity index (χ4n) is 3.25. The van der Waals surface area contributed by atoms with E-state index in [2.05, 4.69) is 35.1 Å². The molecule has 2 N–H and O–H groups in total. The molecule has 160 valence electrons. The number of piperidine rings is 1. The number of nitrogens with zero attached hydrogens (tertiary/aromatic N) is 6. The number of carbonyl (C=O) groups excluding carboxylic acids is 2. The fourth-order valence-corrected chi connectivity index (χ4v) is 3.25. The number of ether oxygens (including phenoxy) is 1. The Morgan fingerprint density at radius 3 is 2.52 bits per heavy atom. The van der Waals surface area contributed by atoms with Crippen LogP contribution in [-0.2, 0) is 4.74 Å². The number of rotatable bonds is 5. The Kier molecular flexibility index (Phi) is 5.69. The van der Waals surface area contributed by atoms with Crippen molar-refractivity contribution in [3.8, 4) is 5.95 Å². The van der Waals surface area contributed by atoms with Gasteiger partial charge in [-0.25, -0.2) is 24.4 Å². The van der Waals surface area contributed by atoms with Gasteiger partial charge >= 0.3 is 5.97 Å². The van der Waals surface area contributed by atoms with Crippen molar-refractivity contribution < 1.29 is 14.3 Å². The first-order chi connectivity index (χ1) is 15.0. The number of aromatic nitrogens is 6. The van der Waals surface area contributed by atoms with Crippen molar-refractivity contribution in [3.63, 3.8) is 0 Å². The number of esters is 1. The summed E-state index contributed by atoms with van der Waals surface area (Å²) >= 11 is 0. The van der Waals surface area contributed by atoms with Crippen molar-refractivity contribution in [2.24, 2.45) is 0 Å². The van der Waals surface area contributed by atoms with Crippen molar-refractivity contribution in [1.29, 1.82) is 0 Å². The van der Waals surface area contributed by atoms with Gasteiger partial charge in [-0.05, 0) is 18.9 Å². The largest absolute Gasteiger partial charge is 0.465 e. The normalized spacial score (nSPS) is 14.3. The van der Waals surface area contributed by atoms with Gasteiger partial charge in [-0.1, -0.05) is 0 Å². The molecule has 31 heavy (non-hydrogen) atoms. The van der Waals surface area contributed by atoms with Crippen LogP contribution in [0.25, 0.3) is 5.95 Å². The van der Waals surface area contributed by atoms with Gasteiger partial charge in [-0.3, -0.25) is 14.6 Å². The summed E-state index contributed by atoms with van der Waals surface area (Å²) in [6.07, 6.45) is 8.61. The monoisotopic (exact) mass is 424 g/mol. The lowest BCUT2D eigenvalue weighted by molar-refractivity contribution is 0.0599. The van der Waals surface area contributed by atoms with Crippen LogP contribution in [0.15, 0.2) is 41.8 Å². The van der Waals surface area contributed by atoms with Gasteiger partial charge < -0.3 is 15.0 Å². The van der Waals surface area contributed by atoms with E-state index in [4.69, 9.17) is 0 Å². The quantitative estimate of drug-likeness (QED) is 0.537. The minimum Gasteiger partial charge on any atom is -0.465 e. The molecule has 1 saturated heterocycles. The van der Waals surface area contributed by atoms with Crippen molar-refractivity contribution in [2.75, 3.05) is 25.1 Å². The molecule has 0 aliphatic carbocycles. The second-order valence-corrected chi connectivity index (χ2v) is 6.90. The first-order valence-corrected chi connectivity index (χ1v) is 9.60. The molecule has 1 aliphatic rings. The second kappa shape index (κ2) is 8.73. The number of amides is 1. The lowest BCUT2D eigenvalue weighted by Crippen LogP contribution is -2.46. The molecule has 1 fully saturated rings. The van der Waals surface area contributed by atoms with E-state index in [1.165, 1.54) is 30.4 Å². The molecule has 3 aromatic heterocycles. The predicted octanol–water partition coefficient (Wildman–Crippen LogP) is -0.0690. The SMILES string of the molecule is COC(=O)c1cnc(N2CCC(NC(=O)c3cnc(-n4cccn4)[nH]c3=O)CC2)nc1. The molecule has 12 heteroatoms. The van der Waals surface area contributed by atoms with Gasteiger partial charge in [-0.15, -0.1) is 0 Å². The molecule has 3 aromatic rings. The molecule has 0 unspecified atom stereocenters. The highest BCUT2D eigenvalue weighted by molar-refractivity contribution is 5.93. The number of hydrogen-bond acceptors (Lipinski definition) is 9. The molecule has 0 atom stereocenters. The van der Waals surface area contributed by atoms with Crippen molar-refractivity contribution in [2.45, 2.75) is 18.9 Å². The number of H-pyrrole nitrogens is 1. The third kappa shape index (κ3) is 4.42. The highest BCUT2D eigenvalue weighted by Crippen LogP contribution is 2.16. The van der Waals surface area contributed by atoms with E-state index >= 15 is 0 Å². The average Bonchev–Trinajstić information content (AvgIpc) is 3.34. The Morgan fingerprint density at radius 2 is 1.90 bits per heavy atom. The van der Waals surface area contributed by atoms with Gasteiger partial charge in [0.15, 0.2) is 0 Å². The Hall–Kier alpha value is -4.09. The minimum atomic E-state index is -0.533. The maximum atomic E-state index is 12.5. The molecule has 1 amide bonds. The van der Waals surface area contributed by atoms with Crippen molar-refractivity contribution >= 4 is 17.8 Å². The molecule has 1 aliphatic heterocycles. The van der Waals surface area contributed by atoms with E-state index in [-0.39, 0.29) is 23.1 Å². The zero-order valence-electron chi connectivity index (χ0n) is 16.7. The van der Waals surface area contributed by atoms with Crippen LogP contribution >= 0.6 is 0 Å². The van der Waals surface area contributed by atoms with Crippen molar-refractivity contribution in [3.05, 3.63) is 58.5 Å². The molecule has 0 spiro atoms. The van der Waals surface area contributed by atoms with E-state index < -0.39 is 17.4 Å². The third-order valence-electron chi connectivity index (χ3n) is 4.92. The number of aromatic amines is 1. The van der Waals surface area contributed by atoms with Crippen LogP contribution in [0.3, 0.4) is 0 Å². The summed E-state index contributed by atoms with van der Waals surface area (Å²) in [5, 5.41) is 6.88. The van der Waals surface area contributed by atoms with Crippen LogP contribution in [-0.4, -0.2) is 67.8 Å². The summed E-state index contributed by atoms with van der Waals surface area (Å²) in [4.78, 5) is 53.4. The standard InChI is InChI=1S/C19H20N8O4/c1-31-17(30)12-9-20-18(21-10-12)26-7-3-13(4-8-26)24-15(28)14-11-22-19(25-16(14)29)27-6-2-5-23-27/h2,5-6,9-11,13H,3-4,7-8H2,1H3,(H,24,28)(H,22,25,29). The summed E-state index contributed by atoms with van der Waals surface area (Å²) in [7, 11) is 1.30. The Balaban J connectivity index is 1.34. The summed E-state index contributed by atoms with van der Waals surface area (Å²) in [6.45, 7) is 1.24. The number of anilines is 1. The van der Waals surface area contributed by atoms with E-state index in [0.29, 0.717) is 31.9 Å². The molecule has 0 aromatic carbocycles. The Bertz CT molecular complexity index is 1120. The van der Waals surface area contributed by atoms with Gasteiger partial charge in [0.05, 0.1) is 12.7 Å². The lowest BCUT2D eigenvalue weighted by atomic mass is 10.0. The van der Waals surface area contributed by atoms with Gasteiger partial charge in [0, 0.05) is 50.1 Å². The highest BCUT2D eigenvalue weighted by Gasteiger charge is 2.24. The summed E-state index contributed by atoms with van der Waals surface area (Å²) in [5.74, 6) is -0.224. The van der Waals surface area contributed by atoms with Crippen LogP contribution in [0.1, 0.15) is 33.6 Å². The molecule has 12 nitrogen and oxygen atoms in total. The van der Waals surface area contributed by atoms with Crippen LogP contribution in [0.2, 0.25) is 0 Å². The van der Waals surface area contributed by atoms with Gasteiger partial charge in [0.2, 0.25) is 11.9 Å². The van der Waals surface area contributed by atoms with Crippen LogP contribution in [0.5, 0.6) is 0 Å². The van der Waals surface area contributed by atoms with Crippen molar-refractivity contribution in [1.82, 2.24) is 35.0 Å². The van der Waals surface area contributed by atoms with Crippen LogP contribution in [0.4, 0.5) is 5.95 Å². The first-order valence-electron chi connectivity index (χ1n) is 9.60. The summed E-state index contributed by atoms with van der Waals surface area (Å²) < 4.78 is 6.04. The zero-order valence-corrected chi connectivity index (χ0v) is 16.7. The molecule has 0 radical (unpaired) electrons.